The molecular formula is C20H25N7O4. The van der Waals surface area contributed by atoms with Gasteiger partial charge in [0.25, 0.3) is 0 Å². The zero-order chi connectivity index (χ0) is 22.0. The number of cyclic esters (lactones) is 1. The van der Waals surface area contributed by atoms with Crippen LogP contribution in [-0.4, -0.2) is 52.4 Å². The number of carbonyl (C=O) groups is 3. The van der Waals surface area contributed by atoms with Crippen LogP contribution in [0.3, 0.4) is 0 Å². The minimum atomic E-state index is -0.358. The van der Waals surface area contributed by atoms with Gasteiger partial charge in [-0.3, -0.25) is 20.2 Å². The first kappa shape index (κ1) is 20.7. The van der Waals surface area contributed by atoms with Gasteiger partial charge in [-0.2, -0.15) is 5.10 Å². The van der Waals surface area contributed by atoms with Gasteiger partial charge in [0.1, 0.15) is 6.61 Å². The van der Waals surface area contributed by atoms with Crippen molar-refractivity contribution in [3.63, 3.8) is 0 Å². The summed E-state index contributed by atoms with van der Waals surface area (Å²) in [4.78, 5) is 37.6. The van der Waals surface area contributed by atoms with E-state index in [0.29, 0.717) is 32.1 Å². The van der Waals surface area contributed by atoms with Crippen molar-refractivity contribution < 1.29 is 19.1 Å². The molecule has 1 aromatic heterocycles. The fourth-order valence-corrected chi connectivity index (χ4v) is 3.54. The number of H-pyrrole nitrogens is 1. The van der Waals surface area contributed by atoms with E-state index in [1.54, 1.807) is 22.0 Å². The summed E-state index contributed by atoms with van der Waals surface area (Å²) in [7, 11) is 0. The Morgan fingerprint density at radius 1 is 1.23 bits per heavy atom. The number of aromatic nitrogens is 2. The Kier molecular flexibility index (Phi) is 5.76. The summed E-state index contributed by atoms with van der Waals surface area (Å²) in [5.74, 6) is 0.261. The molecule has 2 aliphatic rings. The van der Waals surface area contributed by atoms with Crippen molar-refractivity contribution in [1.29, 1.82) is 0 Å². The van der Waals surface area contributed by atoms with E-state index in [2.05, 4.69) is 26.3 Å². The van der Waals surface area contributed by atoms with E-state index in [0.717, 1.165) is 22.5 Å². The number of carbonyl (C=O) groups excluding carboxylic acids is 3. The molecule has 31 heavy (non-hydrogen) atoms. The first-order valence-corrected chi connectivity index (χ1v) is 10.1. The predicted octanol–water partition coefficient (Wildman–Crippen LogP) is 1.49. The lowest BCUT2D eigenvalue weighted by atomic mass is 10.1. The molecule has 0 bridgehead atoms. The highest BCUT2D eigenvalue weighted by molar-refractivity contribution is 5.92. The van der Waals surface area contributed by atoms with Crippen LogP contribution in [0.2, 0.25) is 0 Å². The van der Waals surface area contributed by atoms with Crippen LogP contribution in [0.4, 0.5) is 21.1 Å². The molecule has 0 atom stereocenters. The quantitative estimate of drug-likeness (QED) is 0.552. The zero-order valence-corrected chi connectivity index (χ0v) is 17.4. The minimum absolute atomic E-state index is 0.0372. The molecule has 3 heterocycles. The Labute approximate surface area is 179 Å². The Hall–Kier alpha value is -3.60. The smallest absolute Gasteiger partial charge is 0.414 e. The number of urea groups is 1. The van der Waals surface area contributed by atoms with Crippen molar-refractivity contribution >= 4 is 29.5 Å². The molecule has 4 rings (SSSR count). The second-order valence-electron chi connectivity index (χ2n) is 7.78. The lowest BCUT2D eigenvalue weighted by molar-refractivity contribution is -0.115. The van der Waals surface area contributed by atoms with Crippen LogP contribution in [-0.2, 0) is 29.0 Å². The molecule has 1 fully saturated rings. The van der Waals surface area contributed by atoms with E-state index in [9.17, 15) is 14.4 Å². The van der Waals surface area contributed by atoms with Gasteiger partial charge >= 0.3 is 12.1 Å². The monoisotopic (exact) mass is 427 g/mol. The molecule has 0 spiro atoms. The van der Waals surface area contributed by atoms with Crippen LogP contribution < -0.4 is 21.0 Å². The van der Waals surface area contributed by atoms with Gasteiger partial charge in [-0.1, -0.05) is 12.1 Å². The highest BCUT2D eigenvalue weighted by Crippen LogP contribution is 2.26. The molecule has 0 unspecified atom stereocenters. The molecule has 4 N–H and O–H groups in total. The van der Waals surface area contributed by atoms with Crippen molar-refractivity contribution in [2.75, 3.05) is 23.4 Å². The number of nitrogens with zero attached hydrogens (tertiary/aromatic N) is 3. The van der Waals surface area contributed by atoms with Crippen LogP contribution in [0.15, 0.2) is 24.3 Å². The van der Waals surface area contributed by atoms with Gasteiger partial charge in [0.2, 0.25) is 5.91 Å². The van der Waals surface area contributed by atoms with E-state index >= 15 is 0 Å². The molecule has 1 aromatic carbocycles. The van der Waals surface area contributed by atoms with Gasteiger partial charge in [0.15, 0.2) is 5.82 Å². The third-order valence-electron chi connectivity index (χ3n) is 4.96. The molecule has 164 valence electrons. The molecule has 11 nitrogen and oxygen atoms in total. The van der Waals surface area contributed by atoms with Crippen molar-refractivity contribution in [2.45, 2.75) is 39.4 Å². The summed E-state index contributed by atoms with van der Waals surface area (Å²) in [6.07, 6.45) is -0.186. The summed E-state index contributed by atoms with van der Waals surface area (Å²) < 4.78 is 4.94. The van der Waals surface area contributed by atoms with Crippen LogP contribution in [0.25, 0.3) is 0 Å². The molecular weight excluding hydrogens is 402 g/mol. The third-order valence-corrected chi connectivity index (χ3v) is 4.96. The van der Waals surface area contributed by atoms with E-state index in [4.69, 9.17) is 4.74 Å². The zero-order valence-electron chi connectivity index (χ0n) is 17.4. The number of anilines is 2. The van der Waals surface area contributed by atoms with E-state index < -0.39 is 0 Å². The normalized spacial score (nSPS) is 15.7. The summed E-state index contributed by atoms with van der Waals surface area (Å²) in [5, 5.41) is 14.5. The number of rotatable bonds is 6. The highest BCUT2D eigenvalue weighted by Gasteiger charge is 2.27. The van der Waals surface area contributed by atoms with E-state index in [-0.39, 0.29) is 30.5 Å². The fraction of sp³-hybridized carbons (Fsp3) is 0.400. The summed E-state index contributed by atoms with van der Waals surface area (Å²) in [6, 6.07) is 6.99. The maximum absolute atomic E-state index is 12.5. The van der Waals surface area contributed by atoms with Gasteiger partial charge in [-0.15, -0.1) is 0 Å². The summed E-state index contributed by atoms with van der Waals surface area (Å²) in [5.41, 5.74) is 6.03. The SMILES string of the molecule is CC(C)NC(=O)NN1Cc2[nH]nc(NC(=O)Cc3ccc(N4CCOC4=O)cc3)c2C1. The van der Waals surface area contributed by atoms with Crippen LogP contribution in [0.5, 0.6) is 0 Å². The Balaban J connectivity index is 1.32. The van der Waals surface area contributed by atoms with Gasteiger partial charge in [0.05, 0.1) is 25.2 Å². The number of fused-ring (bicyclic) bond motifs is 1. The van der Waals surface area contributed by atoms with Gasteiger partial charge < -0.3 is 15.4 Å². The average molecular weight is 427 g/mol. The Bertz CT molecular complexity index is 986. The number of hydrazine groups is 1. The number of hydrogen-bond donors (Lipinski definition) is 4. The number of benzene rings is 1. The molecule has 0 aliphatic carbocycles. The summed E-state index contributed by atoms with van der Waals surface area (Å²) in [6.45, 7) is 5.59. The number of nitrogens with one attached hydrogen (secondary N) is 4. The lowest BCUT2D eigenvalue weighted by Gasteiger charge is -2.18. The first-order valence-electron chi connectivity index (χ1n) is 10.1. The molecule has 1 saturated heterocycles. The number of hydrogen-bond acceptors (Lipinski definition) is 6. The molecule has 2 aliphatic heterocycles. The molecule has 0 radical (unpaired) electrons. The van der Waals surface area contributed by atoms with E-state index in [1.807, 2.05) is 26.0 Å². The summed E-state index contributed by atoms with van der Waals surface area (Å²) >= 11 is 0. The van der Waals surface area contributed by atoms with Gasteiger partial charge in [0, 0.05) is 23.8 Å². The third kappa shape index (κ3) is 4.77. The molecule has 0 saturated carbocycles. The van der Waals surface area contributed by atoms with Crippen LogP contribution in [0, 0.1) is 0 Å². The second kappa shape index (κ2) is 8.64. The Morgan fingerprint density at radius 2 is 2.00 bits per heavy atom. The maximum Gasteiger partial charge on any atom is 0.414 e. The number of ether oxygens (including phenoxy) is 1. The molecule has 4 amide bonds. The lowest BCUT2D eigenvalue weighted by Crippen LogP contribution is -2.46. The van der Waals surface area contributed by atoms with Gasteiger partial charge in [-0.05, 0) is 31.5 Å². The van der Waals surface area contributed by atoms with Crippen molar-refractivity contribution in [2.24, 2.45) is 0 Å². The van der Waals surface area contributed by atoms with Crippen LogP contribution in [0.1, 0.15) is 30.7 Å². The first-order chi connectivity index (χ1) is 14.9. The average Bonchev–Trinajstić information content (AvgIpc) is 3.39. The predicted molar refractivity (Wildman–Crippen MR) is 112 cm³/mol. The largest absolute Gasteiger partial charge is 0.447 e. The second-order valence-corrected chi connectivity index (χ2v) is 7.78. The maximum atomic E-state index is 12.5. The molecule has 2 aromatic rings. The molecule has 11 heteroatoms. The minimum Gasteiger partial charge on any atom is -0.447 e. The fourth-order valence-electron chi connectivity index (χ4n) is 3.54. The Morgan fingerprint density at radius 3 is 2.68 bits per heavy atom. The number of amides is 4. The highest BCUT2D eigenvalue weighted by atomic mass is 16.6. The topological polar surface area (TPSA) is 132 Å². The van der Waals surface area contributed by atoms with Crippen molar-refractivity contribution in [3.05, 3.63) is 41.1 Å². The van der Waals surface area contributed by atoms with Gasteiger partial charge in [-0.25, -0.2) is 14.6 Å². The van der Waals surface area contributed by atoms with Crippen molar-refractivity contribution in [3.8, 4) is 0 Å². The standard InChI is InChI=1S/C20H25N7O4/c1-12(2)21-19(29)25-26-10-15-16(11-26)23-24-18(15)22-17(28)9-13-3-5-14(6-4-13)27-7-8-31-20(27)30/h3-6,12H,7-11H2,1-2H3,(H2,21,25,29)(H2,22,23,24,28). The van der Waals surface area contributed by atoms with Crippen LogP contribution >= 0.6 is 0 Å². The van der Waals surface area contributed by atoms with E-state index in [1.165, 1.54) is 0 Å². The van der Waals surface area contributed by atoms with Crippen molar-refractivity contribution in [1.82, 2.24) is 25.9 Å². The number of aromatic amines is 1.